The Hall–Kier alpha value is -1.61. The number of benzene rings is 1. The molecule has 1 aromatic rings. The Morgan fingerprint density at radius 1 is 1.32 bits per heavy atom. The molecule has 0 aliphatic heterocycles. The molecule has 0 saturated carbocycles. The van der Waals surface area contributed by atoms with Crippen LogP contribution in [0.3, 0.4) is 0 Å². The first-order valence-corrected chi connectivity index (χ1v) is 6.35. The van der Waals surface area contributed by atoms with E-state index in [1.165, 1.54) is 0 Å². The zero-order chi connectivity index (χ0) is 14.3. The molecule has 1 unspecified atom stereocenters. The summed E-state index contributed by atoms with van der Waals surface area (Å²) < 4.78 is 11.0. The molecule has 0 radical (unpaired) electrons. The van der Waals surface area contributed by atoms with E-state index in [0.717, 1.165) is 17.6 Å². The van der Waals surface area contributed by atoms with Crippen molar-refractivity contribution in [2.45, 2.75) is 33.0 Å². The van der Waals surface area contributed by atoms with Crippen LogP contribution in [0.15, 0.2) is 36.9 Å². The summed E-state index contributed by atoms with van der Waals surface area (Å²) in [5, 5.41) is 0. The number of methoxy groups -OCH3 is 1. The van der Waals surface area contributed by atoms with Crippen LogP contribution < -0.4 is 4.74 Å². The van der Waals surface area contributed by atoms with E-state index in [1.54, 1.807) is 13.2 Å². The Kier molecular flexibility index (Phi) is 5.77. The van der Waals surface area contributed by atoms with E-state index in [-0.39, 0.29) is 6.10 Å². The average molecular weight is 262 g/mol. The number of carbonyl (C=O) groups is 1. The number of aldehydes is 1. The molecule has 0 aromatic heterocycles. The van der Waals surface area contributed by atoms with E-state index in [9.17, 15) is 4.79 Å². The van der Waals surface area contributed by atoms with Gasteiger partial charge in [0.15, 0.2) is 0 Å². The summed E-state index contributed by atoms with van der Waals surface area (Å²) in [6, 6.07) is 7.70. The van der Waals surface area contributed by atoms with Crippen molar-refractivity contribution in [3.8, 4) is 5.75 Å². The van der Waals surface area contributed by atoms with E-state index in [2.05, 4.69) is 6.58 Å². The van der Waals surface area contributed by atoms with Crippen molar-refractivity contribution in [2.24, 2.45) is 5.41 Å². The van der Waals surface area contributed by atoms with Gasteiger partial charge in [0, 0.05) is 5.41 Å². The molecule has 0 heterocycles. The number of rotatable bonds is 8. The largest absolute Gasteiger partial charge is 0.497 e. The van der Waals surface area contributed by atoms with Crippen LogP contribution in [0.2, 0.25) is 0 Å². The molecule has 1 rings (SSSR count). The van der Waals surface area contributed by atoms with Gasteiger partial charge in [-0.2, -0.15) is 0 Å². The van der Waals surface area contributed by atoms with Crippen molar-refractivity contribution in [1.29, 1.82) is 0 Å². The van der Waals surface area contributed by atoms with Gasteiger partial charge in [-0.25, -0.2) is 0 Å². The van der Waals surface area contributed by atoms with Gasteiger partial charge in [0.2, 0.25) is 0 Å². The maximum absolute atomic E-state index is 11.1. The zero-order valence-electron chi connectivity index (χ0n) is 11.9. The SMILES string of the molecule is C=CCC(OCc1ccc(OC)cc1)C(C)(C)C=O. The molecule has 3 heteroatoms. The van der Waals surface area contributed by atoms with Gasteiger partial charge >= 0.3 is 0 Å². The van der Waals surface area contributed by atoms with Crippen molar-refractivity contribution in [1.82, 2.24) is 0 Å². The lowest BCUT2D eigenvalue weighted by Crippen LogP contribution is -2.33. The molecular weight excluding hydrogens is 240 g/mol. The highest BCUT2D eigenvalue weighted by atomic mass is 16.5. The normalized spacial score (nSPS) is 12.8. The van der Waals surface area contributed by atoms with Gasteiger partial charge in [0.25, 0.3) is 0 Å². The van der Waals surface area contributed by atoms with E-state index in [0.29, 0.717) is 13.0 Å². The fourth-order valence-corrected chi connectivity index (χ4v) is 1.73. The Morgan fingerprint density at radius 3 is 2.42 bits per heavy atom. The lowest BCUT2D eigenvalue weighted by Gasteiger charge is -2.28. The fourth-order valence-electron chi connectivity index (χ4n) is 1.73. The Balaban J connectivity index is 2.65. The van der Waals surface area contributed by atoms with Crippen molar-refractivity contribution < 1.29 is 14.3 Å². The maximum atomic E-state index is 11.1. The highest BCUT2D eigenvalue weighted by Crippen LogP contribution is 2.25. The molecule has 0 bridgehead atoms. The van der Waals surface area contributed by atoms with Crippen LogP contribution in [0.1, 0.15) is 25.8 Å². The smallest absolute Gasteiger partial charge is 0.128 e. The fraction of sp³-hybridized carbons (Fsp3) is 0.438. The molecule has 19 heavy (non-hydrogen) atoms. The van der Waals surface area contributed by atoms with Crippen molar-refractivity contribution in [3.63, 3.8) is 0 Å². The number of ether oxygens (including phenoxy) is 2. The molecule has 0 aliphatic rings. The van der Waals surface area contributed by atoms with Crippen LogP contribution in [-0.2, 0) is 16.1 Å². The molecule has 0 aliphatic carbocycles. The van der Waals surface area contributed by atoms with Crippen LogP contribution in [0.5, 0.6) is 5.75 Å². The second kappa shape index (κ2) is 7.10. The second-order valence-corrected chi connectivity index (χ2v) is 5.11. The quantitative estimate of drug-likeness (QED) is 0.532. The molecule has 1 atom stereocenters. The summed E-state index contributed by atoms with van der Waals surface area (Å²) in [6.45, 7) is 7.94. The van der Waals surface area contributed by atoms with Crippen molar-refractivity contribution in [2.75, 3.05) is 7.11 Å². The standard InChI is InChI=1S/C16H22O3/c1-5-6-15(16(2,3)12-17)19-11-13-7-9-14(18-4)10-8-13/h5,7-10,12,15H,1,6,11H2,2-4H3. The summed E-state index contributed by atoms with van der Waals surface area (Å²) >= 11 is 0. The van der Waals surface area contributed by atoms with E-state index in [4.69, 9.17) is 9.47 Å². The zero-order valence-corrected chi connectivity index (χ0v) is 11.9. The van der Waals surface area contributed by atoms with E-state index in [1.807, 2.05) is 38.1 Å². The summed E-state index contributed by atoms with van der Waals surface area (Å²) in [5.74, 6) is 0.819. The number of hydrogen-bond donors (Lipinski definition) is 0. The maximum Gasteiger partial charge on any atom is 0.128 e. The summed E-state index contributed by atoms with van der Waals surface area (Å²) in [7, 11) is 1.64. The third-order valence-electron chi connectivity index (χ3n) is 3.12. The van der Waals surface area contributed by atoms with Gasteiger partial charge in [0.05, 0.1) is 19.8 Å². The summed E-state index contributed by atoms with van der Waals surface area (Å²) in [5.41, 5.74) is 0.539. The highest BCUT2D eigenvalue weighted by Gasteiger charge is 2.28. The molecule has 104 valence electrons. The molecule has 3 nitrogen and oxygen atoms in total. The Morgan fingerprint density at radius 2 is 1.95 bits per heavy atom. The van der Waals surface area contributed by atoms with Gasteiger partial charge in [-0.05, 0) is 24.1 Å². The number of hydrogen-bond acceptors (Lipinski definition) is 3. The monoisotopic (exact) mass is 262 g/mol. The van der Waals surface area contributed by atoms with Crippen LogP contribution in [0.25, 0.3) is 0 Å². The molecule has 0 N–H and O–H groups in total. The van der Waals surface area contributed by atoms with Gasteiger partial charge < -0.3 is 14.3 Å². The van der Waals surface area contributed by atoms with Gasteiger partial charge in [0.1, 0.15) is 12.0 Å². The first-order valence-electron chi connectivity index (χ1n) is 6.35. The Labute approximate surface area is 115 Å². The average Bonchev–Trinajstić information content (AvgIpc) is 2.43. The minimum Gasteiger partial charge on any atom is -0.497 e. The molecule has 0 saturated heterocycles. The first kappa shape index (κ1) is 15.4. The topological polar surface area (TPSA) is 35.5 Å². The lowest BCUT2D eigenvalue weighted by atomic mass is 9.86. The minimum absolute atomic E-state index is 0.162. The van der Waals surface area contributed by atoms with Crippen molar-refractivity contribution in [3.05, 3.63) is 42.5 Å². The van der Waals surface area contributed by atoms with Crippen LogP contribution in [-0.4, -0.2) is 19.5 Å². The summed E-state index contributed by atoms with van der Waals surface area (Å²) in [6.07, 6.45) is 3.21. The minimum atomic E-state index is -0.513. The first-order chi connectivity index (χ1) is 9.03. The molecule has 0 amide bonds. The van der Waals surface area contributed by atoms with Gasteiger partial charge in [-0.3, -0.25) is 0 Å². The van der Waals surface area contributed by atoms with Crippen LogP contribution in [0.4, 0.5) is 0 Å². The molecular formula is C16H22O3. The van der Waals surface area contributed by atoms with Crippen LogP contribution in [0, 0.1) is 5.41 Å². The van der Waals surface area contributed by atoms with E-state index >= 15 is 0 Å². The third kappa shape index (κ3) is 4.52. The van der Waals surface area contributed by atoms with Crippen LogP contribution >= 0.6 is 0 Å². The predicted octanol–water partition coefficient (Wildman–Crippen LogP) is 3.38. The summed E-state index contributed by atoms with van der Waals surface area (Å²) in [4.78, 5) is 11.1. The second-order valence-electron chi connectivity index (χ2n) is 5.11. The third-order valence-corrected chi connectivity index (χ3v) is 3.12. The van der Waals surface area contributed by atoms with E-state index < -0.39 is 5.41 Å². The molecule has 0 spiro atoms. The Bertz CT molecular complexity index is 407. The van der Waals surface area contributed by atoms with Crippen molar-refractivity contribution >= 4 is 6.29 Å². The highest BCUT2D eigenvalue weighted by molar-refractivity contribution is 5.59. The van der Waals surface area contributed by atoms with Gasteiger partial charge in [-0.15, -0.1) is 6.58 Å². The molecule has 1 aromatic carbocycles. The predicted molar refractivity (Wildman–Crippen MR) is 76.2 cm³/mol. The lowest BCUT2D eigenvalue weighted by molar-refractivity contribution is -0.124. The van der Waals surface area contributed by atoms with Gasteiger partial charge in [-0.1, -0.05) is 32.1 Å². The molecule has 0 fully saturated rings. The number of carbonyl (C=O) groups excluding carboxylic acids is 1.